The maximum Gasteiger partial charge on any atom is 0.0721 e. The predicted molar refractivity (Wildman–Crippen MR) is 181 cm³/mol. The van der Waals surface area contributed by atoms with Crippen molar-refractivity contribution in [2.45, 2.75) is 0 Å². The second-order valence-corrected chi connectivity index (χ2v) is 11.2. The lowest BCUT2D eigenvalue weighted by molar-refractivity contribution is 1.20. The molecule has 43 heavy (non-hydrogen) atoms. The molecule has 2 nitrogen and oxygen atoms in total. The summed E-state index contributed by atoms with van der Waals surface area (Å²) in [6.45, 7) is 0. The number of hydrogen-bond acceptors (Lipinski definition) is 1. The number of aromatic nitrogens is 2. The summed E-state index contributed by atoms with van der Waals surface area (Å²) in [5.41, 5.74) is 10.2. The Bertz CT molecular complexity index is 2310. The van der Waals surface area contributed by atoms with Crippen molar-refractivity contribution in [3.8, 4) is 39.3 Å². The van der Waals surface area contributed by atoms with Gasteiger partial charge in [-0.2, -0.15) is 0 Å². The van der Waals surface area contributed by atoms with E-state index in [1.54, 1.807) is 0 Å². The van der Waals surface area contributed by atoms with E-state index in [0.29, 0.717) is 0 Å². The lowest BCUT2D eigenvalue weighted by atomic mass is 9.96. The Kier molecular flexibility index (Phi) is 5.23. The lowest BCUT2D eigenvalue weighted by Crippen LogP contribution is -1.97. The second kappa shape index (κ2) is 9.40. The van der Waals surface area contributed by atoms with Crippen molar-refractivity contribution in [3.63, 3.8) is 0 Å². The average Bonchev–Trinajstić information content (AvgIpc) is 3.43. The summed E-state index contributed by atoms with van der Waals surface area (Å²) in [7, 11) is 0. The van der Waals surface area contributed by atoms with Crippen LogP contribution in [0.3, 0.4) is 0 Å². The number of nitrogens with zero attached hydrogens (tertiary/aromatic N) is 2. The molecule has 0 atom stereocenters. The quantitative estimate of drug-likeness (QED) is 0.201. The van der Waals surface area contributed by atoms with Crippen molar-refractivity contribution < 1.29 is 0 Å². The minimum atomic E-state index is 0.969. The van der Waals surface area contributed by atoms with Crippen molar-refractivity contribution in [3.05, 3.63) is 158 Å². The molecule has 0 aliphatic rings. The summed E-state index contributed by atoms with van der Waals surface area (Å²) >= 11 is 0. The van der Waals surface area contributed by atoms with Gasteiger partial charge in [-0.05, 0) is 57.6 Å². The molecule has 0 N–H and O–H groups in total. The molecule has 9 rings (SSSR count). The average molecular weight is 547 g/mol. The Morgan fingerprint density at radius 2 is 0.977 bits per heavy atom. The van der Waals surface area contributed by atoms with Gasteiger partial charge in [0.2, 0.25) is 0 Å². The molecule has 0 bridgehead atoms. The van der Waals surface area contributed by atoms with Crippen molar-refractivity contribution in [1.82, 2.24) is 9.55 Å². The standard InChI is InChI=1S/C41H26N2/c1-3-11-27(12-4-1)31-25-35(28-13-5-2-6-14-28)42-36(26-31)33-23-24-37(34-18-8-7-17-32(33)34)43-38-19-9-15-29-21-22-30-16-10-20-39(43)41(30)40(29)38/h1-26H. The Labute approximate surface area is 249 Å². The summed E-state index contributed by atoms with van der Waals surface area (Å²) in [6.07, 6.45) is 0. The van der Waals surface area contributed by atoms with Crippen molar-refractivity contribution in [2.75, 3.05) is 0 Å². The molecule has 0 saturated carbocycles. The van der Waals surface area contributed by atoms with Crippen molar-refractivity contribution in [1.29, 1.82) is 0 Å². The maximum atomic E-state index is 5.26. The van der Waals surface area contributed by atoms with Gasteiger partial charge in [0.15, 0.2) is 0 Å². The smallest absolute Gasteiger partial charge is 0.0721 e. The van der Waals surface area contributed by atoms with Gasteiger partial charge in [0.25, 0.3) is 0 Å². The lowest BCUT2D eigenvalue weighted by Gasteiger charge is -2.16. The molecule has 0 aliphatic carbocycles. The molecular weight excluding hydrogens is 520 g/mol. The highest BCUT2D eigenvalue weighted by molar-refractivity contribution is 6.24. The fourth-order valence-corrected chi connectivity index (χ4v) is 6.80. The number of benzene rings is 7. The van der Waals surface area contributed by atoms with Gasteiger partial charge in [0.05, 0.1) is 28.1 Å². The Balaban J connectivity index is 1.32. The number of hydrogen-bond donors (Lipinski definition) is 0. The van der Waals surface area contributed by atoms with Crippen LogP contribution in [0.2, 0.25) is 0 Å². The van der Waals surface area contributed by atoms with Crippen LogP contribution in [-0.4, -0.2) is 9.55 Å². The Morgan fingerprint density at radius 1 is 0.395 bits per heavy atom. The predicted octanol–water partition coefficient (Wildman–Crippen LogP) is 10.9. The third-order valence-corrected chi connectivity index (χ3v) is 8.74. The van der Waals surface area contributed by atoms with E-state index in [2.05, 4.69) is 162 Å². The monoisotopic (exact) mass is 546 g/mol. The molecule has 7 aromatic carbocycles. The first-order chi connectivity index (χ1) is 21.3. The Morgan fingerprint density at radius 3 is 1.65 bits per heavy atom. The van der Waals surface area contributed by atoms with Crippen LogP contribution in [0.5, 0.6) is 0 Å². The third-order valence-electron chi connectivity index (χ3n) is 8.74. The molecule has 2 heterocycles. The molecule has 9 aromatic rings. The van der Waals surface area contributed by atoms with Gasteiger partial charge < -0.3 is 4.57 Å². The first kappa shape index (κ1) is 23.9. The van der Waals surface area contributed by atoms with Crippen LogP contribution in [0, 0.1) is 0 Å². The number of pyridine rings is 1. The minimum Gasteiger partial charge on any atom is -0.309 e. The molecule has 2 aromatic heterocycles. The summed E-state index contributed by atoms with van der Waals surface area (Å²) in [5, 5.41) is 7.59. The topological polar surface area (TPSA) is 17.8 Å². The zero-order chi connectivity index (χ0) is 28.3. The van der Waals surface area contributed by atoms with Crippen LogP contribution in [0.15, 0.2) is 158 Å². The van der Waals surface area contributed by atoms with Crippen LogP contribution >= 0.6 is 0 Å². The fraction of sp³-hybridized carbons (Fsp3) is 0. The molecule has 0 fully saturated rings. The second-order valence-electron chi connectivity index (χ2n) is 11.2. The van der Waals surface area contributed by atoms with Gasteiger partial charge >= 0.3 is 0 Å². The fourth-order valence-electron chi connectivity index (χ4n) is 6.80. The van der Waals surface area contributed by atoms with Gasteiger partial charge in [-0.3, -0.25) is 0 Å². The summed E-state index contributed by atoms with van der Waals surface area (Å²) in [5.74, 6) is 0. The number of fused-ring (bicyclic) bond motifs is 1. The van der Waals surface area contributed by atoms with Crippen molar-refractivity contribution in [2.24, 2.45) is 0 Å². The van der Waals surface area contributed by atoms with E-state index in [0.717, 1.165) is 28.1 Å². The van der Waals surface area contributed by atoms with Gasteiger partial charge in [-0.1, -0.05) is 127 Å². The zero-order valence-corrected chi connectivity index (χ0v) is 23.4. The van der Waals surface area contributed by atoms with Gasteiger partial charge in [0.1, 0.15) is 0 Å². The first-order valence-corrected chi connectivity index (χ1v) is 14.7. The highest BCUT2D eigenvalue weighted by atomic mass is 15.0. The highest BCUT2D eigenvalue weighted by Crippen LogP contribution is 2.42. The van der Waals surface area contributed by atoms with E-state index in [-0.39, 0.29) is 0 Å². The minimum absolute atomic E-state index is 0.969. The van der Waals surface area contributed by atoms with Gasteiger partial charge in [-0.15, -0.1) is 0 Å². The summed E-state index contributed by atoms with van der Waals surface area (Å²) in [6, 6.07) is 56.5. The normalized spacial score (nSPS) is 11.7. The van der Waals surface area contributed by atoms with Crippen molar-refractivity contribution >= 4 is 43.4 Å². The maximum absolute atomic E-state index is 5.26. The molecule has 0 saturated heterocycles. The van der Waals surface area contributed by atoms with Crippen LogP contribution in [0.4, 0.5) is 0 Å². The molecule has 2 heteroatoms. The molecule has 0 radical (unpaired) electrons. The largest absolute Gasteiger partial charge is 0.309 e. The highest BCUT2D eigenvalue weighted by Gasteiger charge is 2.19. The molecule has 0 unspecified atom stereocenters. The van der Waals surface area contributed by atoms with E-state index in [9.17, 15) is 0 Å². The summed E-state index contributed by atoms with van der Waals surface area (Å²) < 4.78 is 2.44. The van der Waals surface area contributed by atoms with E-state index in [1.807, 2.05) is 0 Å². The molecular formula is C41H26N2. The molecule has 0 aliphatic heterocycles. The van der Waals surface area contributed by atoms with Gasteiger partial charge in [-0.25, -0.2) is 4.98 Å². The van der Waals surface area contributed by atoms with Gasteiger partial charge in [0, 0.05) is 27.3 Å². The van der Waals surface area contributed by atoms with E-state index < -0.39 is 0 Å². The third kappa shape index (κ3) is 3.70. The van der Waals surface area contributed by atoms with Crippen LogP contribution < -0.4 is 0 Å². The van der Waals surface area contributed by atoms with E-state index in [1.165, 1.54) is 54.6 Å². The summed E-state index contributed by atoms with van der Waals surface area (Å²) in [4.78, 5) is 5.26. The SMILES string of the molecule is c1ccc(-c2cc(-c3ccccc3)nc(-c3ccc(-n4c5cccc6ccc7cccc4c7c65)c4ccccc34)c2)cc1. The van der Waals surface area contributed by atoms with Crippen LogP contribution in [-0.2, 0) is 0 Å². The first-order valence-electron chi connectivity index (χ1n) is 14.7. The molecule has 0 spiro atoms. The van der Waals surface area contributed by atoms with Crippen LogP contribution in [0.25, 0.3) is 82.7 Å². The molecule has 0 amide bonds. The van der Waals surface area contributed by atoms with E-state index >= 15 is 0 Å². The van der Waals surface area contributed by atoms with Crippen LogP contribution in [0.1, 0.15) is 0 Å². The number of rotatable bonds is 4. The molecule has 200 valence electrons. The Hall–Kier alpha value is -5.73. The van der Waals surface area contributed by atoms with E-state index in [4.69, 9.17) is 4.98 Å². The zero-order valence-electron chi connectivity index (χ0n) is 23.4.